The van der Waals surface area contributed by atoms with E-state index in [4.69, 9.17) is 5.73 Å². The van der Waals surface area contributed by atoms with E-state index in [1.807, 2.05) is 17.9 Å². The second kappa shape index (κ2) is 4.62. The molecule has 0 radical (unpaired) electrons. The highest BCUT2D eigenvalue weighted by Crippen LogP contribution is 2.22. The molecule has 1 aromatic heterocycles. The highest BCUT2D eigenvalue weighted by Gasteiger charge is 2.12. The lowest BCUT2D eigenvalue weighted by molar-refractivity contribution is 0.516. The first kappa shape index (κ1) is 10.4. The SMILES string of the molecule is Cn1cc(C/C=C2/CCCC(N)C2)cn1. The van der Waals surface area contributed by atoms with Crippen LogP contribution in [0.15, 0.2) is 24.0 Å². The van der Waals surface area contributed by atoms with Crippen LogP contribution in [0.25, 0.3) is 0 Å². The number of hydrogen-bond acceptors (Lipinski definition) is 2. The molecule has 3 heteroatoms. The fraction of sp³-hybridized carbons (Fsp3) is 0.583. The minimum absolute atomic E-state index is 0.388. The third-order valence-electron chi connectivity index (χ3n) is 2.98. The van der Waals surface area contributed by atoms with Crippen molar-refractivity contribution in [3.8, 4) is 0 Å². The van der Waals surface area contributed by atoms with Crippen LogP contribution in [-0.4, -0.2) is 15.8 Å². The van der Waals surface area contributed by atoms with Crippen molar-refractivity contribution in [1.29, 1.82) is 0 Å². The minimum atomic E-state index is 0.388. The van der Waals surface area contributed by atoms with Gasteiger partial charge in [-0.2, -0.15) is 5.10 Å². The number of rotatable bonds is 2. The zero-order valence-electron chi connectivity index (χ0n) is 9.32. The van der Waals surface area contributed by atoms with E-state index >= 15 is 0 Å². The van der Waals surface area contributed by atoms with Crippen molar-refractivity contribution in [2.24, 2.45) is 12.8 Å². The van der Waals surface area contributed by atoms with E-state index in [-0.39, 0.29) is 0 Å². The Hall–Kier alpha value is -1.09. The molecule has 1 atom stereocenters. The van der Waals surface area contributed by atoms with Gasteiger partial charge in [-0.05, 0) is 37.7 Å². The molecular weight excluding hydrogens is 186 g/mol. The average Bonchev–Trinajstić information content (AvgIpc) is 2.62. The Bertz CT molecular complexity index is 352. The van der Waals surface area contributed by atoms with Crippen LogP contribution in [0.2, 0.25) is 0 Å². The summed E-state index contributed by atoms with van der Waals surface area (Å²) < 4.78 is 1.85. The van der Waals surface area contributed by atoms with Crippen molar-refractivity contribution in [2.75, 3.05) is 0 Å². The normalized spacial score (nSPS) is 24.7. The summed E-state index contributed by atoms with van der Waals surface area (Å²) >= 11 is 0. The molecule has 1 heterocycles. The minimum Gasteiger partial charge on any atom is -0.327 e. The fourth-order valence-electron chi connectivity index (χ4n) is 2.16. The van der Waals surface area contributed by atoms with E-state index in [9.17, 15) is 0 Å². The highest BCUT2D eigenvalue weighted by atomic mass is 15.2. The van der Waals surface area contributed by atoms with E-state index in [0.717, 1.165) is 12.8 Å². The first-order valence-electron chi connectivity index (χ1n) is 5.65. The third-order valence-corrected chi connectivity index (χ3v) is 2.98. The molecule has 1 aliphatic rings. The summed E-state index contributed by atoms with van der Waals surface area (Å²) in [4.78, 5) is 0. The molecular formula is C12H19N3. The van der Waals surface area contributed by atoms with Crippen LogP contribution in [0.1, 0.15) is 31.2 Å². The molecule has 0 amide bonds. The molecule has 1 unspecified atom stereocenters. The maximum Gasteiger partial charge on any atom is 0.0524 e. The molecule has 0 saturated heterocycles. The van der Waals surface area contributed by atoms with Crippen molar-refractivity contribution in [2.45, 2.75) is 38.1 Å². The Morgan fingerprint density at radius 3 is 3.20 bits per heavy atom. The second-order valence-corrected chi connectivity index (χ2v) is 4.45. The van der Waals surface area contributed by atoms with Crippen molar-refractivity contribution in [3.05, 3.63) is 29.6 Å². The molecule has 1 fully saturated rings. The molecule has 82 valence electrons. The molecule has 0 aromatic carbocycles. The van der Waals surface area contributed by atoms with Gasteiger partial charge in [-0.15, -0.1) is 0 Å². The summed E-state index contributed by atoms with van der Waals surface area (Å²) in [6.07, 6.45) is 12.1. The smallest absolute Gasteiger partial charge is 0.0524 e. The summed E-state index contributed by atoms with van der Waals surface area (Å²) in [7, 11) is 1.95. The Labute approximate surface area is 91.0 Å². The van der Waals surface area contributed by atoms with Gasteiger partial charge >= 0.3 is 0 Å². The molecule has 1 saturated carbocycles. The maximum absolute atomic E-state index is 5.94. The van der Waals surface area contributed by atoms with E-state index in [2.05, 4.69) is 17.4 Å². The van der Waals surface area contributed by atoms with Gasteiger partial charge in [0.25, 0.3) is 0 Å². The fourth-order valence-corrected chi connectivity index (χ4v) is 2.16. The zero-order valence-corrected chi connectivity index (χ0v) is 9.32. The number of aromatic nitrogens is 2. The Kier molecular flexibility index (Phi) is 3.21. The molecule has 1 aliphatic carbocycles. The van der Waals surface area contributed by atoms with Gasteiger partial charge in [-0.3, -0.25) is 4.68 Å². The molecule has 2 N–H and O–H groups in total. The number of allylic oxidation sites excluding steroid dienone is 1. The van der Waals surface area contributed by atoms with E-state index in [1.165, 1.54) is 30.4 Å². The predicted molar refractivity (Wildman–Crippen MR) is 61.4 cm³/mol. The Morgan fingerprint density at radius 1 is 1.67 bits per heavy atom. The van der Waals surface area contributed by atoms with Crippen LogP contribution in [-0.2, 0) is 13.5 Å². The Morgan fingerprint density at radius 2 is 2.53 bits per heavy atom. The van der Waals surface area contributed by atoms with Crippen LogP contribution in [0.4, 0.5) is 0 Å². The summed E-state index contributed by atoms with van der Waals surface area (Å²) in [5, 5.41) is 4.16. The first-order chi connectivity index (χ1) is 7.24. The first-order valence-corrected chi connectivity index (χ1v) is 5.65. The monoisotopic (exact) mass is 205 g/mol. The summed E-state index contributed by atoms with van der Waals surface area (Å²) in [6, 6.07) is 0.388. The van der Waals surface area contributed by atoms with Gasteiger partial charge in [0.05, 0.1) is 6.20 Å². The van der Waals surface area contributed by atoms with Crippen molar-refractivity contribution in [3.63, 3.8) is 0 Å². The zero-order chi connectivity index (χ0) is 10.7. The number of nitrogens with two attached hydrogens (primary N) is 1. The van der Waals surface area contributed by atoms with Gasteiger partial charge in [0.1, 0.15) is 0 Å². The standard InChI is InChI=1S/C12H19N3/c1-15-9-11(8-14-15)6-5-10-3-2-4-12(13)7-10/h5,8-9,12H,2-4,6-7,13H2,1H3/b10-5-. The lowest BCUT2D eigenvalue weighted by atomic mass is 9.90. The third kappa shape index (κ3) is 2.93. The number of hydrogen-bond donors (Lipinski definition) is 1. The van der Waals surface area contributed by atoms with Crippen LogP contribution in [0.5, 0.6) is 0 Å². The molecule has 2 rings (SSSR count). The van der Waals surface area contributed by atoms with Crippen molar-refractivity contribution in [1.82, 2.24) is 9.78 Å². The molecule has 0 bridgehead atoms. The van der Waals surface area contributed by atoms with Crippen molar-refractivity contribution < 1.29 is 0 Å². The largest absolute Gasteiger partial charge is 0.327 e. The predicted octanol–water partition coefficient (Wildman–Crippen LogP) is 1.79. The Balaban J connectivity index is 1.93. The average molecular weight is 205 g/mol. The van der Waals surface area contributed by atoms with Gasteiger partial charge in [0.2, 0.25) is 0 Å². The summed E-state index contributed by atoms with van der Waals surface area (Å²) in [5.41, 5.74) is 8.75. The van der Waals surface area contributed by atoms with Gasteiger partial charge in [0.15, 0.2) is 0 Å². The molecule has 15 heavy (non-hydrogen) atoms. The highest BCUT2D eigenvalue weighted by molar-refractivity contribution is 5.15. The van der Waals surface area contributed by atoms with E-state index < -0.39 is 0 Å². The number of aryl methyl sites for hydroxylation is 1. The molecule has 1 aromatic rings. The lowest BCUT2D eigenvalue weighted by Crippen LogP contribution is -2.23. The van der Waals surface area contributed by atoms with Crippen LogP contribution >= 0.6 is 0 Å². The maximum atomic E-state index is 5.94. The van der Waals surface area contributed by atoms with Gasteiger partial charge in [-0.25, -0.2) is 0 Å². The van der Waals surface area contributed by atoms with Crippen molar-refractivity contribution >= 4 is 0 Å². The van der Waals surface area contributed by atoms with Gasteiger partial charge < -0.3 is 5.73 Å². The molecule has 3 nitrogen and oxygen atoms in total. The van der Waals surface area contributed by atoms with Crippen LogP contribution < -0.4 is 5.73 Å². The van der Waals surface area contributed by atoms with Crippen LogP contribution in [0.3, 0.4) is 0 Å². The summed E-state index contributed by atoms with van der Waals surface area (Å²) in [5.74, 6) is 0. The molecule has 0 spiro atoms. The van der Waals surface area contributed by atoms with Gasteiger partial charge in [0, 0.05) is 19.3 Å². The van der Waals surface area contributed by atoms with Gasteiger partial charge in [-0.1, -0.05) is 11.6 Å². The van der Waals surface area contributed by atoms with Crippen LogP contribution in [0, 0.1) is 0 Å². The second-order valence-electron chi connectivity index (χ2n) is 4.45. The van der Waals surface area contributed by atoms with E-state index in [1.54, 1.807) is 0 Å². The number of nitrogens with zero attached hydrogens (tertiary/aromatic N) is 2. The quantitative estimate of drug-likeness (QED) is 0.748. The summed E-state index contributed by atoms with van der Waals surface area (Å²) in [6.45, 7) is 0. The van der Waals surface area contributed by atoms with E-state index in [0.29, 0.717) is 6.04 Å². The topological polar surface area (TPSA) is 43.8 Å². The molecule has 0 aliphatic heterocycles. The lowest BCUT2D eigenvalue weighted by Gasteiger charge is -2.20.